The molecule has 0 bridgehead atoms. The predicted octanol–water partition coefficient (Wildman–Crippen LogP) is 0.857. The minimum Gasteiger partial charge on any atom is -0.459 e. The minimum atomic E-state index is -0.478. The van der Waals surface area contributed by atoms with Crippen LogP contribution in [0.15, 0.2) is 22.8 Å². The highest BCUT2D eigenvalue weighted by Gasteiger charge is 2.21. The number of amides is 2. The molecule has 1 aliphatic rings. The smallest absolute Gasteiger partial charge is 0.293 e. The summed E-state index contributed by atoms with van der Waals surface area (Å²) in [7, 11) is 1.97. The third-order valence-electron chi connectivity index (χ3n) is 3.87. The van der Waals surface area contributed by atoms with E-state index in [0.29, 0.717) is 0 Å². The molecule has 0 aliphatic carbocycles. The first-order chi connectivity index (χ1) is 10.2. The Morgan fingerprint density at radius 2 is 2.14 bits per heavy atom. The molecule has 2 rings (SSSR count). The number of imide groups is 1. The maximum atomic E-state index is 11.8. The van der Waals surface area contributed by atoms with Crippen LogP contribution in [-0.2, 0) is 4.79 Å². The Morgan fingerprint density at radius 3 is 2.76 bits per heavy atom. The molecule has 0 spiro atoms. The third kappa shape index (κ3) is 4.99. The fourth-order valence-electron chi connectivity index (χ4n) is 2.62. The molecular weight excluding hydrogens is 270 g/mol. The number of likely N-dealkylation sites (tertiary alicyclic amines) is 1. The third-order valence-corrected chi connectivity index (χ3v) is 3.87. The van der Waals surface area contributed by atoms with E-state index in [1.807, 2.05) is 7.05 Å². The van der Waals surface area contributed by atoms with Gasteiger partial charge in [-0.15, -0.1) is 0 Å². The molecule has 1 aromatic heterocycles. The molecule has 116 valence electrons. The first kappa shape index (κ1) is 15.7. The predicted molar refractivity (Wildman–Crippen MR) is 78.9 cm³/mol. The van der Waals surface area contributed by atoms with E-state index in [-0.39, 0.29) is 18.2 Å². The zero-order chi connectivity index (χ0) is 15.1. The number of nitrogens with one attached hydrogen (secondary N) is 2. The maximum Gasteiger partial charge on any atom is 0.293 e. The van der Waals surface area contributed by atoms with Gasteiger partial charge in [-0.05, 0) is 64.0 Å². The molecule has 2 amide bonds. The second-order valence-corrected chi connectivity index (χ2v) is 5.47. The van der Waals surface area contributed by atoms with Crippen molar-refractivity contribution < 1.29 is 14.0 Å². The normalized spacial score (nSPS) is 16.8. The van der Waals surface area contributed by atoms with Crippen molar-refractivity contribution in [3.05, 3.63) is 24.2 Å². The van der Waals surface area contributed by atoms with Crippen molar-refractivity contribution >= 4 is 11.8 Å². The molecule has 1 saturated heterocycles. The number of hydrogen-bond donors (Lipinski definition) is 2. The van der Waals surface area contributed by atoms with Gasteiger partial charge in [0.2, 0.25) is 5.91 Å². The molecule has 1 fully saturated rings. The fraction of sp³-hybridized carbons (Fsp3) is 0.600. The first-order valence-corrected chi connectivity index (χ1v) is 7.43. The highest BCUT2D eigenvalue weighted by atomic mass is 16.3. The number of nitrogens with zero attached hydrogens (tertiary/aromatic N) is 1. The zero-order valence-corrected chi connectivity index (χ0v) is 12.4. The average molecular weight is 293 g/mol. The summed E-state index contributed by atoms with van der Waals surface area (Å²) in [5.41, 5.74) is 0. The summed E-state index contributed by atoms with van der Waals surface area (Å²) in [4.78, 5) is 25.6. The molecule has 0 radical (unpaired) electrons. The summed E-state index contributed by atoms with van der Waals surface area (Å²) in [6.45, 7) is 3.14. The average Bonchev–Trinajstić information content (AvgIpc) is 3.01. The van der Waals surface area contributed by atoms with Crippen molar-refractivity contribution in [2.75, 3.05) is 33.2 Å². The number of piperidine rings is 1. The lowest BCUT2D eigenvalue weighted by molar-refractivity contribution is -0.121. The largest absolute Gasteiger partial charge is 0.459 e. The lowest BCUT2D eigenvalue weighted by Crippen LogP contribution is -2.43. The molecule has 6 heteroatoms. The molecule has 21 heavy (non-hydrogen) atoms. The van der Waals surface area contributed by atoms with Crippen LogP contribution in [0.25, 0.3) is 0 Å². The van der Waals surface area contributed by atoms with E-state index in [1.165, 1.54) is 18.8 Å². The van der Waals surface area contributed by atoms with Gasteiger partial charge in [-0.1, -0.05) is 0 Å². The highest BCUT2D eigenvalue weighted by Crippen LogP contribution is 2.19. The summed E-state index contributed by atoms with van der Waals surface area (Å²) in [6, 6.07) is 3.16. The lowest BCUT2D eigenvalue weighted by atomic mass is 9.93. The molecule has 1 aliphatic heterocycles. The second-order valence-electron chi connectivity index (χ2n) is 5.47. The Kier molecular flexibility index (Phi) is 5.95. The number of furan rings is 1. The Balaban J connectivity index is 1.68. The second kappa shape index (κ2) is 7.95. The van der Waals surface area contributed by atoms with E-state index < -0.39 is 5.91 Å². The highest BCUT2D eigenvalue weighted by molar-refractivity contribution is 6.03. The molecule has 0 aromatic carbocycles. The van der Waals surface area contributed by atoms with Gasteiger partial charge >= 0.3 is 0 Å². The number of rotatable bonds is 6. The van der Waals surface area contributed by atoms with Gasteiger partial charge in [0.15, 0.2) is 5.76 Å². The van der Waals surface area contributed by atoms with Gasteiger partial charge in [0, 0.05) is 0 Å². The van der Waals surface area contributed by atoms with Crippen LogP contribution in [-0.4, -0.2) is 49.9 Å². The number of carbonyl (C=O) groups is 2. The summed E-state index contributed by atoms with van der Waals surface area (Å²) >= 11 is 0. The Hall–Kier alpha value is -1.66. The number of carbonyl (C=O) groups excluding carboxylic acids is 2. The van der Waals surface area contributed by atoms with E-state index in [2.05, 4.69) is 15.5 Å². The van der Waals surface area contributed by atoms with Gasteiger partial charge in [0.25, 0.3) is 5.91 Å². The first-order valence-electron chi connectivity index (χ1n) is 7.43. The van der Waals surface area contributed by atoms with Crippen molar-refractivity contribution in [1.82, 2.24) is 15.5 Å². The maximum absolute atomic E-state index is 11.8. The van der Waals surface area contributed by atoms with Crippen LogP contribution in [0.4, 0.5) is 0 Å². The minimum absolute atomic E-state index is 0.161. The summed E-state index contributed by atoms with van der Waals surface area (Å²) in [5.74, 6) is 0.148. The van der Waals surface area contributed by atoms with E-state index in [9.17, 15) is 9.59 Å². The SMILES string of the molecule is CNCCC1CCN(CC(=O)NC(=O)c2ccco2)CC1. The van der Waals surface area contributed by atoms with Crippen LogP contribution in [0, 0.1) is 5.92 Å². The zero-order valence-electron chi connectivity index (χ0n) is 12.4. The topological polar surface area (TPSA) is 74.6 Å². The van der Waals surface area contributed by atoms with E-state index in [4.69, 9.17) is 4.42 Å². The summed E-state index contributed by atoms with van der Waals surface area (Å²) in [6.07, 6.45) is 4.82. The molecule has 1 aromatic rings. The molecule has 6 nitrogen and oxygen atoms in total. The van der Waals surface area contributed by atoms with Crippen molar-refractivity contribution in [2.24, 2.45) is 5.92 Å². The van der Waals surface area contributed by atoms with Crippen LogP contribution in [0.5, 0.6) is 0 Å². The van der Waals surface area contributed by atoms with Crippen molar-refractivity contribution in [1.29, 1.82) is 0 Å². The van der Waals surface area contributed by atoms with Crippen LogP contribution in [0.3, 0.4) is 0 Å². The number of hydrogen-bond acceptors (Lipinski definition) is 5. The Bertz CT molecular complexity index is 451. The molecule has 2 heterocycles. The molecular formula is C15H23N3O3. The van der Waals surface area contributed by atoms with Crippen LogP contribution < -0.4 is 10.6 Å². The van der Waals surface area contributed by atoms with Crippen LogP contribution in [0.1, 0.15) is 29.8 Å². The molecule has 2 N–H and O–H groups in total. The Labute approximate surface area is 124 Å². The van der Waals surface area contributed by atoms with E-state index in [0.717, 1.165) is 38.4 Å². The standard InChI is InChI=1S/C15H23N3O3/c1-16-7-4-12-5-8-18(9-6-12)11-14(19)17-15(20)13-3-2-10-21-13/h2-3,10,12,16H,4-9,11H2,1H3,(H,17,19,20). The van der Waals surface area contributed by atoms with Crippen LogP contribution in [0.2, 0.25) is 0 Å². The van der Waals surface area contributed by atoms with Gasteiger partial charge in [0.1, 0.15) is 0 Å². The van der Waals surface area contributed by atoms with Gasteiger partial charge in [-0.3, -0.25) is 19.8 Å². The lowest BCUT2D eigenvalue weighted by Gasteiger charge is -2.31. The van der Waals surface area contributed by atoms with Gasteiger partial charge in [-0.25, -0.2) is 0 Å². The van der Waals surface area contributed by atoms with Crippen molar-refractivity contribution in [3.8, 4) is 0 Å². The molecule has 0 saturated carbocycles. The van der Waals surface area contributed by atoms with Crippen LogP contribution >= 0.6 is 0 Å². The fourth-order valence-corrected chi connectivity index (χ4v) is 2.62. The quantitative estimate of drug-likeness (QED) is 0.813. The Morgan fingerprint density at radius 1 is 1.38 bits per heavy atom. The summed E-state index contributed by atoms with van der Waals surface area (Å²) in [5, 5.41) is 5.52. The van der Waals surface area contributed by atoms with Gasteiger partial charge < -0.3 is 9.73 Å². The van der Waals surface area contributed by atoms with Gasteiger partial charge in [0.05, 0.1) is 12.8 Å². The van der Waals surface area contributed by atoms with E-state index in [1.54, 1.807) is 6.07 Å². The molecule has 0 atom stereocenters. The van der Waals surface area contributed by atoms with Gasteiger partial charge in [-0.2, -0.15) is 0 Å². The van der Waals surface area contributed by atoms with E-state index >= 15 is 0 Å². The van der Waals surface area contributed by atoms with Crippen molar-refractivity contribution in [2.45, 2.75) is 19.3 Å². The monoisotopic (exact) mass is 293 g/mol. The summed E-state index contributed by atoms with van der Waals surface area (Å²) < 4.78 is 4.95. The molecule has 0 unspecified atom stereocenters. The van der Waals surface area contributed by atoms with Crippen molar-refractivity contribution in [3.63, 3.8) is 0 Å².